The van der Waals surface area contributed by atoms with E-state index in [1.807, 2.05) is 42.6 Å². The Hall–Kier alpha value is -2.60. The highest BCUT2D eigenvalue weighted by Crippen LogP contribution is 2.55. The van der Waals surface area contributed by atoms with E-state index in [1.54, 1.807) is 7.11 Å². The molecule has 5 rings (SSSR count). The van der Waals surface area contributed by atoms with Crippen molar-refractivity contribution in [1.29, 1.82) is 0 Å². The number of carbonyl (C=O) groups excluding carboxylic acids is 1. The molecule has 6 nitrogen and oxygen atoms in total. The summed E-state index contributed by atoms with van der Waals surface area (Å²) in [7, 11) is 1.67. The molecule has 3 aliphatic rings. The van der Waals surface area contributed by atoms with Crippen LogP contribution in [0.4, 0.5) is 5.82 Å². The summed E-state index contributed by atoms with van der Waals surface area (Å²) in [6, 6.07) is 13.9. The molecule has 4 heterocycles. The largest absolute Gasteiger partial charge is 0.496 e. The van der Waals surface area contributed by atoms with Gasteiger partial charge in [-0.15, -0.1) is 0 Å². The Kier molecular flexibility index (Phi) is 5.11. The minimum absolute atomic E-state index is 0.0605. The van der Waals surface area contributed by atoms with Gasteiger partial charge in [0.25, 0.3) is 0 Å². The molecule has 1 aromatic heterocycles. The molecule has 3 fully saturated rings. The van der Waals surface area contributed by atoms with Crippen molar-refractivity contribution in [3.8, 4) is 5.75 Å². The number of para-hydroxylation sites is 1. The first-order chi connectivity index (χ1) is 14.7. The summed E-state index contributed by atoms with van der Waals surface area (Å²) < 4.78 is 11.9. The van der Waals surface area contributed by atoms with Crippen LogP contribution in [-0.2, 0) is 16.0 Å². The van der Waals surface area contributed by atoms with Crippen LogP contribution in [0.15, 0.2) is 48.7 Å². The van der Waals surface area contributed by atoms with Crippen molar-refractivity contribution in [3.05, 3.63) is 54.2 Å². The van der Waals surface area contributed by atoms with Gasteiger partial charge in [-0.3, -0.25) is 4.79 Å². The number of carbonyl (C=O) groups is 1. The summed E-state index contributed by atoms with van der Waals surface area (Å²) in [6.45, 7) is 2.55. The highest BCUT2D eigenvalue weighted by molar-refractivity contribution is 5.76. The first kappa shape index (κ1) is 19.4. The molecule has 0 saturated carbocycles. The van der Waals surface area contributed by atoms with E-state index in [1.165, 1.54) is 0 Å². The van der Waals surface area contributed by atoms with Gasteiger partial charge in [-0.25, -0.2) is 4.98 Å². The van der Waals surface area contributed by atoms with Crippen LogP contribution in [0.25, 0.3) is 0 Å². The van der Waals surface area contributed by atoms with Crippen molar-refractivity contribution in [3.63, 3.8) is 0 Å². The van der Waals surface area contributed by atoms with Crippen LogP contribution in [0, 0.1) is 11.8 Å². The van der Waals surface area contributed by atoms with E-state index in [0.29, 0.717) is 31.2 Å². The Morgan fingerprint density at radius 2 is 2.17 bits per heavy atom. The SMILES string of the molecule is COc1ccccc1CCC(=O)NC[C@H]1[C@H]2CN(c3ccccn3)C[C@]23CC[C@H]1O3. The Morgan fingerprint density at radius 1 is 1.30 bits per heavy atom. The maximum absolute atomic E-state index is 12.5. The van der Waals surface area contributed by atoms with Gasteiger partial charge in [0.2, 0.25) is 5.91 Å². The Bertz CT molecular complexity index is 906. The normalized spacial score (nSPS) is 29.1. The molecular weight excluding hydrogens is 378 g/mol. The second-order valence-electron chi connectivity index (χ2n) is 8.71. The van der Waals surface area contributed by atoms with Gasteiger partial charge >= 0.3 is 0 Å². The van der Waals surface area contributed by atoms with Gasteiger partial charge in [-0.2, -0.15) is 0 Å². The highest BCUT2D eigenvalue weighted by Gasteiger charge is 2.63. The van der Waals surface area contributed by atoms with E-state index in [-0.39, 0.29) is 17.6 Å². The molecule has 1 spiro atoms. The Labute approximate surface area is 177 Å². The minimum Gasteiger partial charge on any atom is -0.496 e. The number of nitrogens with zero attached hydrogens (tertiary/aromatic N) is 2. The molecule has 1 aromatic carbocycles. The average Bonchev–Trinajstić information content (AvgIpc) is 3.46. The molecular formula is C24H29N3O3. The number of anilines is 1. The standard InChI is InChI=1S/C24H29N3O3/c1-29-20-7-3-2-6-17(20)9-10-23(28)26-14-18-19-15-27(22-8-4-5-13-25-22)16-24(19)12-11-21(18)30-24/h2-8,13,18-19,21H,9-12,14-16H2,1H3,(H,26,28)/t18-,19+,21+,24+/m0/s1. The second-order valence-corrected chi connectivity index (χ2v) is 8.71. The van der Waals surface area contributed by atoms with Crippen LogP contribution >= 0.6 is 0 Å². The second kappa shape index (κ2) is 7.91. The van der Waals surface area contributed by atoms with Gasteiger partial charge in [-0.05, 0) is 43.0 Å². The molecule has 4 atom stereocenters. The number of rotatable bonds is 7. The molecule has 0 radical (unpaired) electrons. The van der Waals surface area contributed by atoms with Gasteiger partial charge in [0.05, 0.1) is 18.8 Å². The zero-order valence-electron chi connectivity index (χ0n) is 17.4. The Balaban J connectivity index is 1.18. The van der Waals surface area contributed by atoms with E-state index in [0.717, 1.165) is 43.1 Å². The number of benzene rings is 1. The third kappa shape index (κ3) is 3.43. The molecule has 0 unspecified atom stereocenters. The third-order valence-electron chi connectivity index (χ3n) is 7.11. The molecule has 1 N–H and O–H groups in total. The first-order valence-corrected chi connectivity index (χ1v) is 10.9. The molecule has 0 aliphatic carbocycles. The number of hydrogen-bond acceptors (Lipinski definition) is 5. The van der Waals surface area contributed by atoms with Crippen LogP contribution in [-0.4, -0.2) is 49.3 Å². The van der Waals surface area contributed by atoms with E-state index < -0.39 is 0 Å². The van der Waals surface area contributed by atoms with E-state index in [4.69, 9.17) is 9.47 Å². The number of fused-ring (bicyclic) bond motifs is 1. The van der Waals surface area contributed by atoms with E-state index >= 15 is 0 Å². The lowest BCUT2D eigenvalue weighted by Gasteiger charge is -2.29. The van der Waals surface area contributed by atoms with Gasteiger partial charge in [-0.1, -0.05) is 24.3 Å². The fraction of sp³-hybridized carbons (Fsp3) is 0.500. The van der Waals surface area contributed by atoms with Crippen LogP contribution in [0.3, 0.4) is 0 Å². The monoisotopic (exact) mass is 407 g/mol. The first-order valence-electron chi connectivity index (χ1n) is 10.9. The number of aromatic nitrogens is 1. The van der Waals surface area contributed by atoms with Crippen LogP contribution in [0.1, 0.15) is 24.8 Å². The van der Waals surface area contributed by atoms with E-state index in [2.05, 4.69) is 21.3 Å². The highest BCUT2D eigenvalue weighted by atomic mass is 16.5. The molecule has 30 heavy (non-hydrogen) atoms. The molecule has 1 amide bonds. The predicted molar refractivity (Wildman–Crippen MR) is 115 cm³/mol. The van der Waals surface area contributed by atoms with Crippen LogP contribution in [0.5, 0.6) is 5.75 Å². The lowest BCUT2D eigenvalue weighted by molar-refractivity contribution is -0.121. The summed E-state index contributed by atoms with van der Waals surface area (Å²) in [5, 5.41) is 3.19. The van der Waals surface area contributed by atoms with Crippen LogP contribution in [0.2, 0.25) is 0 Å². The number of hydrogen-bond donors (Lipinski definition) is 1. The number of amides is 1. The minimum atomic E-state index is -0.0605. The zero-order valence-corrected chi connectivity index (χ0v) is 17.4. The average molecular weight is 408 g/mol. The molecule has 2 aromatic rings. The van der Waals surface area contributed by atoms with E-state index in [9.17, 15) is 4.79 Å². The van der Waals surface area contributed by atoms with Crippen molar-refractivity contribution >= 4 is 11.7 Å². The summed E-state index contributed by atoms with van der Waals surface area (Å²) in [6.07, 6.45) is 5.47. The van der Waals surface area contributed by atoms with Gasteiger partial charge < -0.3 is 19.7 Å². The lowest BCUT2D eigenvalue weighted by Crippen LogP contribution is -2.41. The summed E-state index contributed by atoms with van der Waals surface area (Å²) in [5.74, 6) is 2.79. The number of pyridine rings is 1. The van der Waals surface area contributed by atoms with Crippen molar-refractivity contribution in [1.82, 2.24) is 10.3 Å². The quantitative estimate of drug-likeness (QED) is 0.765. The predicted octanol–water partition coefficient (Wildman–Crippen LogP) is 2.82. The Morgan fingerprint density at radius 3 is 3.00 bits per heavy atom. The van der Waals surface area contributed by atoms with Crippen molar-refractivity contribution in [2.24, 2.45) is 11.8 Å². The van der Waals surface area contributed by atoms with Gasteiger partial charge in [0.15, 0.2) is 0 Å². The number of aryl methyl sites for hydroxylation is 1. The van der Waals surface area contributed by atoms with Crippen molar-refractivity contribution < 1.29 is 14.3 Å². The number of methoxy groups -OCH3 is 1. The summed E-state index contributed by atoms with van der Waals surface area (Å²) in [5.41, 5.74) is 1.01. The fourth-order valence-electron chi connectivity index (χ4n) is 5.66. The maximum atomic E-state index is 12.5. The third-order valence-corrected chi connectivity index (χ3v) is 7.11. The topological polar surface area (TPSA) is 63.7 Å². The lowest BCUT2D eigenvalue weighted by atomic mass is 9.73. The van der Waals surface area contributed by atoms with Gasteiger partial charge in [0, 0.05) is 44.1 Å². The number of ether oxygens (including phenoxy) is 2. The molecule has 3 saturated heterocycles. The maximum Gasteiger partial charge on any atom is 0.220 e. The zero-order chi connectivity index (χ0) is 20.6. The van der Waals surface area contributed by atoms with Crippen molar-refractivity contribution in [2.75, 3.05) is 31.6 Å². The summed E-state index contributed by atoms with van der Waals surface area (Å²) >= 11 is 0. The fourth-order valence-corrected chi connectivity index (χ4v) is 5.66. The molecule has 3 aliphatic heterocycles. The van der Waals surface area contributed by atoms with Crippen LogP contribution < -0.4 is 15.0 Å². The number of nitrogens with one attached hydrogen (secondary N) is 1. The van der Waals surface area contributed by atoms with Crippen molar-refractivity contribution in [2.45, 2.75) is 37.4 Å². The van der Waals surface area contributed by atoms with Gasteiger partial charge in [0.1, 0.15) is 11.6 Å². The molecule has 158 valence electrons. The smallest absolute Gasteiger partial charge is 0.220 e. The molecule has 2 bridgehead atoms. The molecule has 6 heteroatoms. The summed E-state index contributed by atoms with van der Waals surface area (Å²) in [4.78, 5) is 19.4.